The molecule has 0 radical (unpaired) electrons. The lowest BCUT2D eigenvalue weighted by Gasteiger charge is -2.16. The van der Waals surface area contributed by atoms with Crippen molar-refractivity contribution in [3.63, 3.8) is 0 Å². The van der Waals surface area contributed by atoms with Gasteiger partial charge in [0.2, 0.25) is 0 Å². The number of ether oxygens (including phenoxy) is 1. The van der Waals surface area contributed by atoms with Crippen molar-refractivity contribution in [1.29, 1.82) is 0 Å². The van der Waals surface area contributed by atoms with Crippen LogP contribution in [-0.2, 0) is 14.6 Å². The second-order valence-electron chi connectivity index (χ2n) is 8.67. The van der Waals surface area contributed by atoms with Gasteiger partial charge in [-0.1, -0.05) is 35.5 Å². The van der Waals surface area contributed by atoms with Crippen molar-refractivity contribution in [2.45, 2.75) is 11.8 Å². The smallest absolute Gasteiger partial charge is 0.342 e. The minimum atomic E-state index is -3.70. The Morgan fingerprint density at radius 3 is 2.60 bits per heavy atom. The van der Waals surface area contributed by atoms with E-state index in [0.717, 1.165) is 18.5 Å². The van der Waals surface area contributed by atoms with Crippen LogP contribution in [0.1, 0.15) is 27.8 Å². The zero-order chi connectivity index (χ0) is 28.6. The van der Waals surface area contributed by atoms with Gasteiger partial charge in [-0.15, -0.1) is 0 Å². The summed E-state index contributed by atoms with van der Waals surface area (Å²) >= 11 is 0. The summed E-state index contributed by atoms with van der Waals surface area (Å²) < 4.78 is 51.6. The first-order chi connectivity index (χ1) is 19.1. The number of para-hydroxylation sites is 1. The van der Waals surface area contributed by atoms with Crippen molar-refractivity contribution < 1.29 is 31.7 Å². The standard InChI is InChI=1S/C27H22FN5O6S/c1-3-38-27(35)19-14-30-33(15-11-12-21-18(13-15)25(29)32-39-21)24(19)26(34)31-23-17(8-6-9-20(23)28)16-7-4-5-10-22(16)40(2,36)37/h4-14H,3H2,1-2H3,(H2,29,32)(H,31,34). The van der Waals surface area contributed by atoms with E-state index in [4.69, 9.17) is 15.0 Å². The van der Waals surface area contributed by atoms with E-state index in [1.165, 1.54) is 28.9 Å². The molecule has 3 N–H and O–H groups in total. The van der Waals surface area contributed by atoms with E-state index in [1.54, 1.807) is 37.3 Å². The molecule has 1 amide bonds. The molecule has 204 valence electrons. The van der Waals surface area contributed by atoms with Gasteiger partial charge in [0.15, 0.2) is 21.2 Å². The molecule has 0 atom stereocenters. The molecule has 0 aliphatic carbocycles. The number of nitrogens with one attached hydrogen (secondary N) is 1. The highest BCUT2D eigenvalue weighted by Crippen LogP contribution is 2.35. The molecule has 0 aliphatic heterocycles. The number of halogens is 1. The van der Waals surface area contributed by atoms with Gasteiger partial charge < -0.3 is 20.3 Å². The number of fused-ring (bicyclic) bond motifs is 1. The molecule has 13 heteroatoms. The van der Waals surface area contributed by atoms with Gasteiger partial charge in [0, 0.05) is 17.4 Å². The van der Waals surface area contributed by atoms with Gasteiger partial charge in [-0.25, -0.2) is 22.3 Å². The van der Waals surface area contributed by atoms with Crippen molar-refractivity contribution >= 4 is 44.2 Å². The van der Waals surface area contributed by atoms with Crippen LogP contribution in [0.3, 0.4) is 0 Å². The Morgan fingerprint density at radius 2 is 1.85 bits per heavy atom. The normalized spacial score (nSPS) is 11.5. The van der Waals surface area contributed by atoms with Crippen LogP contribution >= 0.6 is 0 Å². The fourth-order valence-corrected chi connectivity index (χ4v) is 5.16. The number of aromatic nitrogens is 3. The van der Waals surface area contributed by atoms with Crippen LogP contribution in [-0.4, -0.2) is 48.1 Å². The van der Waals surface area contributed by atoms with Gasteiger partial charge in [0.25, 0.3) is 5.91 Å². The highest BCUT2D eigenvalue weighted by Gasteiger charge is 2.28. The lowest BCUT2D eigenvalue weighted by atomic mass is 10.0. The summed E-state index contributed by atoms with van der Waals surface area (Å²) in [6, 6.07) is 14.7. The summed E-state index contributed by atoms with van der Waals surface area (Å²) in [5, 5.41) is 10.9. The van der Waals surface area contributed by atoms with Crippen molar-refractivity contribution in [2.24, 2.45) is 0 Å². The zero-order valence-electron chi connectivity index (χ0n) is 21.2. The van der Waals surface area contributed by atoms with Crippen molar-refractivity contribution in [1.82, 2.24) is 14.9 Å². The number of anilines is 2. The van der Waals surface area contributed by atoms with E-state index in [2.05, 4.69) is 15.6 Å². The number of hydrogen-bond acceptors (Lipinski definition) is 9. The first kappa shape index (κ1) is 26.6. The highest BCUT2D eigenvalue weighted by atomic mass is 32.2. The van der Waals surface area contributed by atoms with Crippen LogP contribution in [0, 0.1) is 5.82 Å². The Morgan fingerprint density at radius 1 is 1.10 bits per heavy atom. The van der Waals surface area contributed by atoms with E-state index in [0.29, 0.717) is 16.7 Å². The van der Waals surface area contributed by atoms with Crippen LogP contribution in [0.5, 0.6) is 0 Å². The molecule has 5 aromatic rings. The Bertz CT molecular complexity index is 1900. The molecular formula is C27H22FN5O6S. The third-order valence-electron chi connectivity index (χ3n) is 6.03. The number of hydrogen-bond donors (Lipinski definition) is 2. The average Bonchev–Trinajstić information content (AvgIpc) is 3.53. The maximum atomic E-state index is 15.2. The molecule has 3 aromatic carbocycles. The topological polar surface area (TPSA) is 159 Å². The molecule has 5 rings (SSSR count). The fourth-order valence-electron chi connectivity index (χ4n) is 4.26. The quantitative estimate of drug-likeness (QED) is 0.276. The Kier molecular flexibility index (Phi) is 6.81. The molecule has 0 saturated heterocycles. The number of benzene rings is 3. The molecular weight excluding hydrogens is 541 g/mol. The maximum Gasteiger partial charge on any atom is 0.342 e. The van der Waals surface area contributed by atoms with Crippen molar-refractivity contribution in [3.8, 4) is 16.8 Å². The van der Waals surface area contributed by atoms with Gasteiger partial charge in [-0.3, -0.25) is 4.79 Å². The summed E-state index contributed by atoms with van der Waals surface area (Å²) in [6.07, 6.45) is 2.20. The molecule has 0 aliphatic rings. The number of rotatable bonds is 7. The van der Waals surface area contributed by atoms with Crippen LogP contribution in [0.15, 0.2) is 76.3 Å². The molecule has 11 nitrogen and oxygen atoms in total. The molecule has 0 saturated carbocycles. The highest BCUT2D eigenvalue weighted by molar-refractivity contribution is 7.90. The van der Waals surface area contributed by atoms with Crippen molar-refractivity contribution in [3.05, 3.63) is 83.9 Å². The van der Waals surface area contributed by atoms with E-state index >= 15 is 4.39 Å². The average molecular weight is 564 g/mol. The number of carbonyl (C=O) groups excluding carboxylic acids is 2. The molecule has 40 heavy (non-hydrogen) atoms. The van der Waals surface area contributed by atoms with Gasteiger partial charge in [-0.2, -0.15) is 5.10 Å². The number of nitrogens with zero attached hydrogens (tertiary/aromatic N) is 3. The lowest BCUT2D eigenvalue weighted by Crippen LogP contribution is -2.22. The third kappa shape index (κ3) is 4.78. The SMILES string of the molecule is CCOC(=O)c1cnn(-c2ccc3onc(N)c3c2)c1C(=O)Nc1c(F)cccc1-c1ccccc1S(C)(=O)=O. The summed E-state index contributed by atoms with van der Waals surface area (Å²) in [7, 11) is -3.70. The first-order valence-electron chi connectivity index (χ1n) is 11.9. The minimum absolute atomic E-state index is 0.0357. The Balaban J connectivity index is 1.65. The number of amides is 1. The first-order valence-corrected chi connectivity index (χ1v) is 13.8. The van der Waals surface area contributed by atoms with Crippen LogP contribution in [0.4, 0.5) is 15.9 Å². The summed E-state index contributed by atoms with van der Waals surface area (Å²) in [5.41, 5.74) is 6.20. The predicted molar refractivity (Wildman–Crippen MR) is 144 cm³/mol. The monoisotopic (exact) mass is 563 g/mol. The third-order valence-corrected chi connectivity index (χ3v) is 7.19. The summed E-state index contributed by atoms with van der Waals surface area (Å²) in [4.78, 5) is 26.5. The van der Waals surface area contributed by atoms with Gasteiger partial charge in [-0.05, 0) is 37.3 Å². The minimum Gasteiger partial charge on any atom is -0.462 e. The summed E-state index contributed by atoms with van der Waals surface area (Å²) in [5.74, 6) is -2.43. The zero-order valence-corrected chi connectivity index (χ0v) is 22.0. The number of nitrogen functional groups attached to an aromatic ring is 1. The number of sulfone groups is 1. The van der Waals surface area contributed by atoms with Gasteiger partial charge in [0.05, 0.1) is 34.5 Å². The molecule has 2 heterocycles. The van der Waals surface area contributed by atoms with Crippen LogP contribution in [0.2, 0.25) is 0 Å². The molecule has 0 spiro atoms. The Hall–Kier alpha value is -5.04. The predicted octanol–water partition coefficient (Wildman–Crippen LogP) is 4.23. The van der Waals surface area contributed by atoms with Crippen LogP contribution < -0.4 is 11.1 Å². The molecule has 0 bridgehead atoms. The van der Waals surface area contributed by atoms with Gasteiger partial charge >= 0.3 is 5.97 Å². The van der Waals surface area contributed by atoms with E-state index in [9.17, 15) is 18.0 Å². The second kappa shape index (κ2) is 10.3. The number of nitrogens with two attached hydrogens (primary N) is 1. The van der Waals surface area contributed by atoms with E-state index < -0.39 is 27.5 Å². The number of carbonyl (C=O) groups is 2. The maximum absolute atomic E-state index is 15.2. The fraction of sp³-hybridized carbons (Fsp3) is 0.111. The molecule has 0 unspecified atom stereocenters. The van der Waals surface area contributed by atoms with Crippen molar-refractivity contribution in [2.75, 3.05) is 23.9 Å². The van der Waals surface area contributed by atoms with E-state index in [1.807, 2.05) is 0 Å². The number of esters is 1. The summed E-state index contributed by atoms with van der Waals surface area (Å²) in [6.45, 7) is 1.64. The molecule has 2 aromatic heterocycles. The molecule has 0 fully saturated rings. The largest absolute Gasteiger partial charge is 0.462 e. The second-order valence-corrected chi connectivity index (χ2v) is 10.7. The van der Waals surface area contributed by atoms with Gasteiger partial charge in [0.1, 0.15) is 17.1 Å². The van der Waals surface area contributed by atoms with Crippen LogP contribution in [0.25, 0.3) is 27.8 Å². The Labute approximate surface area is 227 Å². The lowest BCUT2D eigenvalue weighted by molar-refractivity contribution is 0.0523. The van der Waals surface area contributed by atoms with E-state index in [-0.39, 0.29) is 45.4 Å².